The third-order valence-corrected chi connectivity index (χ3v) is 13.0. The van der Waals surface area contributed by atoms with Gasteiger partial charge in [0.2, 0.25) is 0 Å². The molecular weight excluding hydrogens is 671 g/mol. The third kappa shape index (κ3) is 5.61. The summed E-state index contributed by atoms with van der Waals surface area (Å²) in [7, 11) is 0. The molecule has 0 fully saturated rings. The molecule has 7 aromatic rings. The van der Waals surface area contributed by atoms with Gasteiger partial charge in [-0.15, -0.1) is 22.7 Å². The second-order valence-electron chi connectivity index (χ2n) is 14.0. The monoisotopic (exact) mass is 705 g/mol. The van der Waals surface area contributed by atoms with Gasteiger partial charge in [0.05, 0.1) is 18.0 Å². The van der Waals surface area contributed by atoms with Crippen molar-refractivity contribution in [3.05, 3.63) is 172 Å². The minimum Gasteiger partial charge on any atom is -0.366 e. The van der Waals surface area contributed by atoms with E-state index in [1.54, 1.807) is 0 Å². The van der Waals surface area contributed by atoms with E-state index < -0.39 is 0 Å². The van der Waals surface area contributed by atoms with Crippen LogP contribution in [-0.2, 0) is 6.42 Å². The van der Waals surface area contributed by atoms with E-state index in [1.165, 1.54) is 74.1 Å². The number of hydrogen-bond acceptors (Lipinski definition) is 5. The maximum atomic E-state index is 9.79. The van der Waals surface area contributed by atoms with Gasteiger partial charge in [0.25, 0.3) is 0 Å². The molecule has 3 unspecified atom stereocenters. The molecule has 0 saturated heterocycles. The average molecular weight is 706 g/mol. The van der Waals surface area contributed by atoms with Crippen LogP contribution in [0.1, 0.15) is 46.6 Å². The smallest absolute Gasteiger partial charge is 0.104 e. The van der Waals surface area contributed by atoms with Crippen LogP contribution in [-0.4, -0.2) is 0 Å². The fraction of sp³-hybridized carbons (Fsp3) is 0.128. The van der Waals surface area contributed by atoms with Crippen LogP contribution in [0, 0.1) is 17.2 Å². The van der Waals surface area contributed by atoms with Gasteiger partial charge in [0.1, 0.15) is 6.17 Å². The second-order valence-corrected chi connectivity index (χ2v) is 16.1. The average Bonchev–Trinajstić information content (AvgIpc) is 3.78. The predicted molar refractivity (Wildman–Crippen MR) is 220 cm³/mol. The van der Waals surface area contributed by atoms with Gasteiger partial charge in [-0.2, -0.15) is 5.26 Å². The highest BCUT2D eigenvalue weighted by atomic mass is 32.1. The first-order valence-electron chi connectivity index (χ1n) is 18.0. The third-order valence-electron chi connectivity index (χ3n) is 10.7. The van der Waals surface area contributed by atoms with E-state index in [1.807, 2.05) is 34.8 Å². The molecule has 3 heterocycles. The molecule has 5 aromatic carbocycles. The molecule has 0 spiro atoms. The van der Waals surface area contributed by atoms with Crippen molar-refractivity contribution in [1.29, 1.82) is 5.26 Å². The number of rotatable bonds is 5. The maximum absolute atomic E-state index is 9.79. The number of thiophene rings is 2. The van der Waals surface area contributed by atoms with Crippen molar-refractivity contribution < 1.29 is 0 Å². The maximum Gasteiger partial charge on any atom is 0.104 e. The van der Waals surface area contributed by atoms with Gasteiger partial charge in [-0.05, 0) is 130 Å². The van der Waals surface area contributed by atoms with E-state index >= 15 is 0 Å². The number of benzene rings is 5. The Morgan fingerprint density at radius 3 is 2.27 bits per heavy atom. The standard InChI is InChI=1S/C47H35N3S2/c48-28-29-9-8-12-33(21-29)41-27-42(50-47(49-41)30-10-2-1-3-11-30)36-23-34(31-17-19-45-39(25-31)37-13-4-6-15-43(37)51-45)22-35(24-36)32-18-20-46-40(26-32)38-14-5-7-16-44(38)52-46/h1-4,6-13,15-20,22-27,29,42,47,49-50H,5,14,21H2. The van der Waals surface area contributed by atoms with Crippen LogP contribution >= 0.6 is 22.7 Å². The number of nitrogens with zero attached hydrogens (tertiary/aromatic N) is 1. The quantitative estimate of drug-likeness (QED) is 0.187. The lowest BCUT2D eigenvalue weighted by Gasteiger charge is -2.34. The summed E-state index contributed by atoms with van der Waals surface area (Å²) in [5, 5.41) is 21.5. The summed E-state index contributed by atoms with van der Waals surface area (Å²) in [6.45, 7) is 0. The molecule has 0 saturated carbocycles. The Hall–Kier alpha value is -5.51. The number of allylic oxidation sites excluding steroid dienone is 5. The van der Waals surface area contributed by atoms with Gasteiger partial charge < -0.3 is 5.32 Å². The Morgan fingerprint density at radius 2 is 1.44 bits per heavy atom. The zero-order valence-corrected chi connectivity index (χ0v) is 30.1. The first-order valence-corrected chi connectivity index (χ1v) is 19.7. The summed E-state index contributed by atoms with van der Waals surface area (Å²) in [5.74, 6) is -0.127. The molecule has 2 aliphatic carbocycles. The Balaban J connectivity index is 1.15. The highest BCUT2D eigenvalue weighted by Gasteiger charge is 2.27. The van der Waals surface area contributed by atoms with E-state index in [2.05, 4.69) is 150 Å². The lowest BCUT2D eigenvalue weighted by Crippen LogP contribution is -2.40. The Morgan fingerprint density at radius 1 is 0.692 bits per heavy atom. The van der Waals surface area contributed by atoms with Gasteiger partial charge in [0, 0.05) is 35.4 Å². The molecule has 0 amide bonds. The summed E-state index contributed by atoms with van der Waals surface area (Å²) >= 11 is 3.76. The largest absolute Gasteiger partial charge is 0.366 e. The normalized spacial score (nSPS) is 19.6. The Labute approximate surface area is 311 Å². The van der Waals surface area contributed by atoms with Crippen LogP contribution < -0.4 is 10.6 Å². The van der Waals surface area contributed by atoms with Crippen LogP contribution in [0.4, 0.5) is 0 Å². The molecule has 0 bridgehead atoms. The van der Waals surface area contributed by atoms with E-state index in [-0.39, 0.29) is 18.1 Å². The van der Waals surface area contributed by atoms with Crippen molar-refractivity contribution in [3.63, 3.8) is 0 Å². The zero-order chi connectivity index (χ0) is 34.6. The van der Waals surface area contributed by atoms with Crippen LogP contribution in [0.25, 0.3) is 58.6 Å². The molecule has 3 aliphatic rings. The van der Waals surface area contributed by atoms with Gasteiger partial charge in [0.15, 0.2) is 0 Å². The van der Waals surface area contributed by atoms with Gasteiger partial charge in [-0.3, -0.25) is 5.32 Å². The van der Waals surface area contributed by atoms with Crippen molar-refractivity contribution in [2.75, 3.05) is 0 Å². The lowest BCUT2D eigenvalue weighted by molar-refractivity contribution is 0.417. The second kappa shape index (κ2) is 12.9. The van der Waals surface area contributed by atoms with Crippen molar-refractivity contribution in [2.24, 2.45) is 5.92 Å². The van der Waals surface area contributed by atoms with Crippen LogP contribution in [0.2, 0.25) is 0 Å². The molecule has 2 aromatic heterocycles. The molecule has 0 radical (unpaired) electrons. The van der Waals surface area contributed by atoms with E-state index in [0.717, 1.165) is 24.1 Å². The highest BCUT2D eigenvalue weighted by Crippen LogP contribution is 2.42. The SMILES string of the molecule is N#CC1C=CC=C(C2=CC(c3cc(-c4ccc5sc6c(c5c4)CCC=C6)cc(-c4ccc5sc6ccccc6c5c4)c3)NC(c3ccccc3)N2)C1. The molecule has 3 nitrogen and oxygen atoms in total. The van der Waals surface area contributed by atoms with Gasteiger partial charge in [-0.1, -0.05) is 85.0 Å². The van der Waals surface area contributed by atoms with Crippen molar-refractivity contribution >= 4 is 59.0 Å². The number of fused-ring (bicyclic) bond motifs is 6. The number of nitriles is 1. The van der Waals surface area contributed by atoms with Crippen molar-refractivity contribution in [1.82, 2.24) is 10.6 Å². The van der Waals surface area contributed by atoms with E-state index in [4.69, 9.17) is 0 Å². The summed E-state index contributed by atoms with van der Waals surface area (Å²) in [6.07, 6.45) is 15.9. The summed E-state index contributed by atoms with van der Waals surface area (Å²) in [5.41, 5.74) is 11.0. The minimum atomic E-state index is -0.127. The molecular formula is C47H35N3S2. The number of aryl methyl sites for hydroxylation is 1. The zero-order valence-electron chi connectivity index (χ0n) is 28.5. The molecule has 3 atom stereocenters. The summed E-state index contributed by atoms with van der Waals surface area (Å²) in [6, 6.07) is 42.9. The Kier molecular flexibility index (Phi) is 7.76. The van der Waals surface area contributed by atoms with Crippen LogP contribution in [0.15, 0.2) is 151 Å². The Bertz CT molecular complexity index is 2700. The van der Waals surface area contributed by atoms with Gasteiger partial charge >= 0.3 is 0 Å². The molecule has 5 heteroatoms. The first kappa shape index (κ1) is 31.2. The molecule has 2 N–H and O–H groups in total. The number of nitrogens with one attached hydrogen (secondary N) is 2. The van der Waals surface area contributed by atoms with Crippen molar-refractivity contribution in [3.8, 4) is 28.3 Å². The summed E-state index contributed by atoms with van der Waals surface area (Å²) < 4.78 is 3.99. The van der Waals surface area contributed by atoms with E-state index in [9.17, 15) is 5.26 Å². The summed E-state index contributed by atoms with van der Waals surface area (Å²) in [4.78, 5) is 1.40. The molecule has 10 rings (SSSR count). The van der Waals surface area contributed by atoms with E-state index in [0.29, 0.717) is 6.42 Å². The topological polar surface area (TPSA) is 47.9 Å². The van der Waals surface area contributed by atoms with Crippen molar-refractivity contribution in [2.45, 2.75) is 31.5 Å². The fourth-order valence-electron chi connectivity index (χ4n) is 8.05. The number of hydrogen-bond donors (Lipinski definition) is 2. The molecule has 52 heavy (non-hydrogen) atoms. The molecule has 250 valence electrons. The van der Waals surface area contributed by atoms with Crippen LogP contribution in [0.5, 0.6) is 0 Å². The lowest BCUT2D eigenvalue weighted by atomic mass is 9.88. The molecule has 1 aliphatic heterocycles. The van der Waals surface area contributed by atoms with Gasteiger partial charge in [-0.25, -0.2) is 0 Å². The fourth-order valence-corrected chi connectivity index (χ4v) is 10.3. The highest BCUT2D eigenvalue weighted by molar-refractivity contribution is 7.25. The predicted octanol–water partition coefficient (Wildman–Crippen LogP) is 12.4. The first-order chi connectivity index (χ1) is 25.7. The minimum absolute atomic E-state index is 0.0685. The van der Waals surface area contributed by atoms with Crippen LogP contribution in [0.3, 0.4) is 0 Å².